The Labute approximate surface area is 447 Å². The normalized spacial score (nSPS) is 13.2. The van der Waals surface area contributed by atoms with E-state index in [4.69, 9.17) is 51.6 Å². The van der Waals surface area contributed by atoms with Gasteiger partial charge < -0.3 is 28.4 Å². The van der Waals surface area contributed by atoms with Gasteiger partial charge in [-0.2, -0.15) is 10.2 Å². The van der Waals surface area contributed by atoms with E-state index in [9.17, 15) is 16.8 Å². The Morgan fingerprint density at radius 2 is 0.855 bits per heavy atom. The fourth-order valence-electron chi connectivity index (χ4n) is 7.59. The lowest BCUT2D eigenvalue weighted by Gasteiger charge is -2.22. The summed E-state index contributed by atoms with van der Waals surface area (Å²) in [5.41, 5.74) is 1.71. The molecule has 2 aromatic carbocycles. The Hall–Kier alpha value is -7.50. The maximum Gasteiger partial charge on any atom is 0.243 e. The van der Waals surface area contributed by atoms with Crippen molar-refractivity contribution in [3.05, 3.63) is 107 Å². The minimum Gasteiger partial charge on any atom is -0.494 e. The molecule has 0 aliphatic heterocycles. The third-order valence-corrected chi connectivity index (χ3v) is 15.3. The van der Waals surface area contributed by atoms with E-state index in [1.807, 2.05) is 13.8 Å². The van der Waals surface area contributed by atoms with Gasteiger partial charge in [0.05, 0.1) is 38.5 Å². The minimum absolute atomic E-state index is 0.104. The van der Waals surface area contributed by atoms with Gasteiger partial charge in [0, 0.05) is 64.5 Å². The summed E-state index contributed by atoms with van der Waals surface area (Å²) >= 11 is 11.8. The molecule has 0 aliphatic carbocycles. The van der Waals surface area contributed by atoms with Crippen LogP contribution in [0.15, 0.2) is 85.7 Å². The molecule has 0 spiro atoms. The van der Waals surface area contributed by atoms with Crippen molar-refractivity contribution in [1.82, 2.24) is 69.0 Å². The molecule has 0 amide bonds. The highest BCUT2D eigenvalue weighted by atomic mass is 35.5. The molecule has 30 heteroatoms. The molecule has 26 nitrogen and oxygen atoms in total. The van der Waals surface area contributed by atoms with Crippen LogP contribution >= 0.6 is 23.2 Å². The number of aryl methyl sites for hydroxylation is 2. The molecule has 76 heavy (non-hydrogen) atoms. The second-order valence-corrected chi connectivity index (χ2v) is 21.0. The molecule has 8 aromatic rings. The molecule has 0 bridgehead atoms. The van der Waals surface area contributed by atoms with Gasteiger partial charge in [-0.05, 0) is 64.1 Å². The van der Waals surface area contributed by atoms with E-state index >= 15 is 0 Å². The predicted molar refractivity (Wildman–Crippen MR) is 280 cm³/mol. The molecule has 0 saturated heterocycles. The average molecular weight is 1130 g/mol. The van der Waals surface area contributed by atoms with Gasteiger partial charge in [0.2, 0.25) is 31.9 Å². The van der Waals surface area contributed by atoms with E-state index in [2.05, 4.69) is 60.0 Å². The molecule has 0 aliphatic rings. The first-order valence-corrected chi connectivity index (χ1v) is 26.8. The Morgan fingerprint density at radius 3 is 1.13 bits per heavy atom. The Balaban J connectivity index is 0.000000221. The lowest BCUT2D eigenvalue weighted by Crippen LogP contribution is -2.33. The van der Waals surface area contributed by atoms with Crippen molar-refractivity contribution < 1.29 is 45.3 Å². The number of hydrogen-bond acceptors (Lipinski definition) is 20. The number of methoxy groups -OCH3 is 6. The van der Waals surface area contributed by atoms with Crippen molar-refractivity contribution in [2.24, 2.45) is 0 Å². The number of nitrogens with zero attached hydrogens (tertiary/aromatic N) is 14. The number of rotatable bonds is 22. The fraction of sp³-hybridized carbons (Fsp3) is 0.348. The van der Waals surface area contributed by atoms with Crippen LogP contribution in [0, 0.1) is 0 Å². The fourth-order valence-corrected chi connectivity index (χ4v) is 10.0. The van der Waals surface area contributed by atoms with Gasteiger partial charge in [-0.3, -0.25) is 27.9 Å². The molecule has 8 rings (SSSR count). The summed E-state index contributed by atoms with van der Waals surface area (Å²) in [6.45, 7) is 8.11. The maximum absolute atomic E-state index is 13.6. The number of ether oxygens (including phenoxy) is 6. The molecular weight excluding hydrogens is 1070 g/mol. The van der Waals surface area contributed by atoms with Gasteiger partial charge in [-0.15, -0.1) is 20.4 Å². The molecular formula is C46H54Cl2N16O10S2. The van der Waals surface area contributed by atoms with Crippen LogP contribution in [0.1, 0.15) is 51.6 Å². The summed E-state index contributed by atoms with van der Waals surface area (Å²) in [4.78, 5) is 16.5. The monoisotopic (exact) mass is 1120 g/mol. The van der Waals surface area contributed by atoms with E-state index in [0.717, 1.165) is 0 Å². The third kappa shape index (κ3) is 12.0. The minimum atomic E-state index is -4.14. The summed E-state index contributed by atoms with van der Waals surface area (Å²) in [5.74, 6) is 2.26. The van der Waals surface area contributed by atoms with E-state index in [0.29, 0.717) is 68.9 Å². The standard InChI is InChI=1S/2C23H27ClN8O5S/c2*1-6-31-11-10-16(29-31)22-27-28-23(32(22)19-17(35-3)8-7-9-18(19)36-4)30-38(33,34)14(2)20(37-5)21-25-12-15(24)13-26-21/h2*7-14,20H,6H2,1-5H3,(H,28,30)/t2*14-,20-/m10/s1. The number of para-hydroxylation sites is 2. The SMILES string of the molecule is CCn1ccc(-c2nnc(NS(=O)(=O)[C@@H](C)[C@H](OC)c3ncc(Cl)cn3)n2-c2c(OC)cccc2OC)n1.CCn1ccc(-c2nnc(NS(=O)(=O)[C@H](C)[C@@H](OC)c3ncc(Cl)cn3)n2-c2c(OC)cccc2OC)n1. The Morgan fingerprint density at radius 1 is 0.526 bits per heavy atom. The second-order valence-electron chi connectivity index (χ2n) is 16.0. The van der Waals surface area contributed by atoms with Crippen LogP contribution in [0.25, 0.3) is 34.4 Å². The number of hydrogen-bond donors (Lipinski definition) is 2. The molecule has 6 heterocycles. The molecule has 0 fully saturated rings. The number of halogens is 2. The number of sulfonamides is 2. The molecule has 0 radical (unpaired) electrons. The first-order chi connectivity index (χ1) is 36.5. The highest BCUT2D eigenvalue weighted by Gasteiger charge is 2.37. The van der Waals surface area contributed by atoms with Crippen molar-refractivity contribution in [3.63, 3.8) is 0 Å². The Kier molecular flexibility index (Phi) is 18.1. The van der Waals surface area contributed by atoms with E-state index < -0.39 is 42.8 Å². The molecule has 2 N–H and O–H groups in total. The van der Waals surface area contributed by atoms with Gasteiger partial charge >= 0.3 is 0 Å². The van der Waals surface area contributed by atoms with Crippen LogP contribution in [0.5, 0.6) is 23.0 Å². The van der Waals surface area contributed by atoms with E-state index in [1.54, 1.807) is 70.3 Å². The van der Waals surface area contributed by atoms with Crippen molar-refractivity contribution in [2.75, 3.05) is 52.1 Å². The van der Waals surface area contributed by atoms with Crippen molar-refractivity contribution in [3.8, 4) is 57.4 Å². The van der Waals surface area contributed by atoms with Crippen LogP contribution in [-0.2, 0) is 42.6 Å². The lowest BCUT2D eigenvalue weighted by atomic mass is 10.2. The average Bonchev–Trinajstić information content (AvgIpc) is 4.27. The van der Waals surface area contributed by atoms with Gasteiger partial charge in [-0.1, -0.05) is 35.3 Å². The van der Waals surface area contributed by atoms with Crippen molar-refractivity contribution >= 4 is 55.1 Å². The summed E-state index contributed by atoms with van der Waals surface area (Å²) < 4.78 is 99.1. The molecule has 0 unspecified atom stereocenters. The predicted octanol–water partition coefficient (Wildman–Crippen LogP) is 6.26. The molecule has 4 atom stereocenters. The number of benzene rings is 2. The summed E-state index contributed by atoms with van der Waals surface area (Å²) in [6, 6.07) is 13.9. The number of nitrogens with one attached hydrogen (secondary N) is 2. The van der Waals surface area contributed by atoms with Gasteiger partial charge in [0.25, 0.3) is 0 Å². The lowest BCUT2D eigenvalue weighted by molar-refractivity contribution is 0.0949. The first-order valence-electron chi connectivity index (χ1n) is 22.9. The van der Waals surface area contributed by atoms with Crippen LogP contribution in [0.3, 0.4) is 0 Å². The first kappa shape index (κ1) is 56.2. The quantitative estimate of drug-likeness (QED) is 0.0757. The van der Waals surface area contributed by atoms with Crippen molar-refractivity contribution in [1.29, 1.82) is 0 Å². The van der Waals surface area contributed by atoms with Crippen molar-refractivity contribution in [2.45, 2.75) is 63.5 Å². The zero-order chi connectivity index (χ0) is 54.9. The third-order valence-electron chi connectivity index (χ3n) is 11.6. The van der Waals surface area contributed by atoms with Crippen LogP contribution in [0.2, 0.25) is 10.0 Å². The topological polar surface area (TPSA) is 296 Å². The van der Waals surface area contributed by atoms with E-state index in [1.165, 1.54) is 90.4 Å². The second kappa shape index (κ2) is 24.4. The molecule has 404 valence electrons. The highest BCUT2D eigenvalue weighted by molar-refractivity contribution is 7.93. The molecule has 0 saturated carbocycles. The highest BCUT2D eigenvalue weighted by Crippen LogP contribution is 2.40. The van der Waals surface area contributed by atoms with Crippen LogP contribution in [-0.4, -0.2) is 139 Å². The van der Waals surface area contributed by atoms with E-state index in [-0.39, 0.29) is 35.2 Å². The van der Waals surface area contributed by atoms with Gasteiger partial charge in [0.1, 0.15) is 68.5 Å². The smallest absolute Gasteiger partial charge is 0.243 e. The zero-order valence-electron chi connectivity index (χ0n) is 42.7. The Bertz CT molecular complexity index is 3200. The summed E-state index contributed by atoms with van der Waals surface area (Å²) in [5, 5.41) is 24.2. The molecule has 6 aromatic heterocycles. The number of aromatic nitrogens is 14. The number of anilines is 2. The zero-order valence-corrected chi connectivity index (χ0v) is 45.9. The maximum atomic E-state index is 13.6. The largest absolute Gasteiger partial charge is 0.494 e. The van der Waals surface area contributed by atoms with Crippen LogP contribution < -0.4 is 28.4 Å². The van der Waals surface area contributed by atoms with Gasteiger partial charge in [0.15, 0.2) is 23.3 Å². The summed E-state index contributed by atoms with van der Waals surface area (Å²) in [7, 11) is 0.451. The van der Waals surface area contributed by atoms with Crippen LogP contribution in [0.4, 0.5) is 11.9 Å². The van der Waals surface area contributed by atoms with Gasteiger partial charge in [-0.25, -0.2) is 36.8 Å². The summed E-state index contributed by atoms with van der Waals surface area (Å²) in [6.07, 6.45) is 7.06.